The molecule has 0 amide bonds. The van der Waals surface area contributed by atoms with E-state index in [-0.39, 0.29) is 22.8 Å². The van der Waals surface area contributed by atoms with Crippen LogP contribution in [-0.4, -0.2) is 52.7 Å². The van der Waals surface area contributed by atoms with E-state index in [1.54, 1.807) is 38.1 Å². The van der Waals surface area contributed by atoms with E-state index in [2.05, 4.69) is 20.1 Å². The van der Waals surface area contributed by atoms with Crippen LogP contribution in [0.15, 0.2) is 50.9 Å². The lowest BCUT2D eigenvalue weighted by atomic mass is 10.1. The fraction of sp³-hybridized carbons (Fsp3) is 0.273. The summed E-state index contributed by atoms with van der Waals surface area (Å²) in [7, 11) is 2.92. The topological polar surface area (TPSA) is 102 Å². The molecule has 0 saturated heterocycles. The molecule has 168 valence electrons. The molecule has 10 heteroatoms. The van der Waals surface area contributed by atoms with E-state index < -0.39 is 12.0 Å². The molecule has 3 rings (SSSR count). The molecule has 1 N–H and O–H groups in total. The molecule has 0 radical (unpaired) electrons. The first-order chi connectivity index (χ1) is 15.4. The van der Waals surface area contributed by atoms with E-state index in [1.165, 1.54) is 32.0 Å². The molecule has 0 saturated carbocycles. The van der Waals surface area contributed by atoms with E-state index >= 15 is 0 Å². The second kappa shape index (κ2) is 10.4. The standard InChI is InChI=1S/C22H23FN4O4S/c1-12(29-3)25-22(32-5)20(16-10-19(30-4)18(28)11-17(16)23)26-15-8-6-14(7-9-15)21-24-13(2)31-27-21/h6-12,28H,1-5H3/b25-22-,26-20?. The van der Waals surface area contributed by atoms with Crippen LogP contribution in [0.5, 0.6) is 11.5 Å². The Labute approximate surface area is 189 Å². The minimum absolute atomic E-state index is 0.122. The smallest absolute Gasteiger partial charge is 0.223 e. The van der Waals surface area contributed by atoms with Crippen molar-refractivity contribution in [3.63, 3.8) is 0 Å². The molecule has 1 unspecified atom stereocenters. The molecule has 0 aliphatic carbocycles. The zero-order valence-corrected chi connectivity index (χ0v) is 19.1. The number of phenolic OH excluding ortho intramolecular Hbond substituents is 1. The van der Waals surface area contributed by atoms with Gasteiger partial charge in [0.05, 0.1) is 12.8 Å². The Morgan fingerprint density at radius 3 is 2.50 bits per heavy atom. The van der Waals surface area contributed by atoms with E-state index in [0.717, 1.165) is 11.6 Å². The maximum absolute atomic E-state index is 14.9. The molecule has 0 bridgehead atoms. The summed E-state index contributed by atoms with van der Waals surface area (Å²) < 4.78 is 30.3. The number of halogens is 1. The second-order valence-corrected chi connectivity index (χ2v) is 7.42. The summed E-state index contributed by atoms with van der Waals surface area (Å²) in [6.07, 6.45) is 1.35. The van der Waals surface area contributed by atoms with Gasteiger partial charge in [0.25, 0.3) is 0 Å². The predicted octanol–water partition coefficient (Wildman–Crippen LogP) is 4.77. The number of rotatable bonds is 7. The van der Waals surface area contributed by atoms with E-state index in [0.29, 0.717) is 22.4 Å². The Hall–Kier alpha value is -3.24. The molecule has 1 heterocycles. The lowest BCUT2D eigenvalue weighted by molar-refractivity contribution is 0.126. The van der Waals surface area contributed by atoms with Crippen molar-refractivity contribution in [1.82, 2.24) is 10.1 Å². The van der Waals surface area contributed by atoms with Gasteiger partial charge in [-0.05, 0) is 43.5 Å². The zero-order chi connectivity index (χ0) is 23.3. The van der Waals surface area contributed by atoms with Crippen molar-refractivity contribution in [2.24, 2.45) is 9.98 Å². The third kappa shape index (κ3) is 5.32. The van der Waals surface area contributed by atoms with Crippen LogP contribution in [0.3, 0.4) is 0 Å². The Balaban J connectivity index is 2.12. The molecule has 1 aromatic heterocycles. The highest BCUT2D eigenvalue weighted by Crippen LogP contribution is 2.31. The molecule has 2 aromatic carbocycles. The van der Waals surface area contributed by atoms with Gasteiger partial charge in [0, 0.05) is 31.2 Å². The highest BCUT2D eigenvalue weighted by atomic mass is 32.2. The van der Waals surface area contributed by atoms with Gasteiger partial charge in [-0.2, -0.15) is 4.98 Å². The molecule has 8 nitrogen and oxygen atoms in total. The van der Waals surface area contributed by atoms with Gasteiger partial charge in [0.1, 0.15) is 22.8 Å². The van der Waals surface area contributed by atoms with Crippen LogP contribution in [0.25, 0.3) is 11.4 Å². The largest absolute Gasteiger partial charge is 0.504 e. The van der Waals surface area contributed by atoms with Crippen molar-refractivity contribution in [2.45, 2.75) is 20.1 Å². The van der Waals surface area contributed by atoms with Crippen LogP contribution in [-0.2, 0) is 4.74 Å². The molecular weight excluding hydrogens is 435 g/mol. The fourth-order valence-electron chi connectivity index (χ4n) is 2.77. The van der Waals surface area contributed by atoms with Crippen molar-refractivity contribution < 1.29 is 23.5 Å². The van der Waals surface area contributed by atoms with E-state index in [1.807, 2.05) is 6.26 Å². The summed E-state index contributed by atoms with van der Waals surface area (Å²) in [5, 5.41) is 14.3. The summed E-state index contributed by atoms with van der Waals surface area (Å²) in [4.78, 5) is 13.4. The van der Waals surface area contributed by atoms with Gasteiger partial charge >= 0.3 is 0 Å². The van der Waals surface area contributed by atoms with Crippen molar-refractivity contribution in [1.29, 1.82) is 0 Å². The first kappa shape index (κ1) is 23.4. The Kier molecular flexibility index (Phi) is 7.60. The average molecular weight is 459 g/mol. The summed E-state index contributed by atoms with van der Waals surface area (Å²) in [5.74, 6) is 0.0905. The zero-order valence-electron chi connectivity index (χ0n) is 18.3. The molecule has 0 fully saturated rings. The summed E-state index contributed by atoms with van der Waals surface area (Å²) >= 11 is 1.30. The lowest BCUT2D eigenvalue weighted by Gasteiger charge is -2.14. The summed E-state index contributed by atoms with van der Waals surface area (Å²) in [5.41, 5.74) is 1.73. The molecule has 0 aliphatic heterocycles. The van der Waals surface area contributed by atoms with Gasteiger partial charge in [-0.15, -0.1) is 11.8 Å². The number of phenols is 1. The summed E-state index contributed by atoms with van der Waals surface area (Å²) in [6.45, 7) is 3.48. The SMILES string of the molecule is COc1cc(C(=Nc2ccc(-c3noc(C)n3)cc2)/C(=N/C(C)OC)SC)c(F)cc1O. The number of ether oxygens (including phenoxy) is 2. The third-order valence-corrected chi connectivity index (χ3v) is 5.14. The number of hydrogen-bond acceptors (Lipinski definition) is 9. The van der Waals surface area contributed by atoms with Gasteiger partial charge in [-0.1, -0.05) is 5.16 Å². The number of methoxy groups -OCH3 is 2. The Morgan fingerprint density at radius 2 is 1.94 bits per heavy atom. The van der Waals surface area contributed by atoms with Gasteiger partial charge in [-0.25, -0.2) is 14.4 Å². The van der Waals surface area contributed by atoms with Gasteiger partial charge < -0.3 is 19.1 Å². The molecule has 0 aliphatic rings. The van der Waals surface area contributed by atoms with Gasteiger partial charge in [-0.3, -0.25) is 0 Å². The molecule has 0 spiro atoms. The number of hydrogen-bond donors (Lipinski definition) is 1. The monoisotopic (exact) mass is 458 g/mol. The summed E-state index contributed by atoms with van der Waals surface area (Å²) in [6, 6.07) is 9.49. The number of nitrogens with zero attached hydrogens (tertiary/aromatic N) is 4. The molecule has 32 heavy (non-hydrogen) atoms. The number of benzene rings is 2. The maximum atomic E-state index is 14.9. The van der Waals surface area contributed by atoms with Crippen LogP contribution in [0.1, 0.15) is 18.4 Å². The second-order valence-electron chi connectivity index (χ2n) is 6.62. The van der Waals surface area contributed by atoms with Crippen LogP contribution in [0.2, 0.25) is 0 Å². The van der Waals surface area contributed by atoms with E-state index in [4.69, 9.17) is 14.0 Å². The van der Waals surface area contributed by atoms with Crippen LogP contribution >= 0.6 is 11.8 Å². The lowest BCUT2D eigenvalue weighted by Crippen LogP contribution is -2.17. The van der Waals surface area contributed by atoms with Crippen LogP contribution in [0.4, 0.5) is 10.1 Å². The van der Waals surface area contributed by atoms with Gasteiger partial charge in [0.2, 0.25) is 11.7 Å². The highest BCUT2D eigenvalue weighted by Gasteiger charge is 2.20. The number of aryl methyl sites for hydroxylation is 1. The molecule has 3 aromatic rings. The fourth-order valence-corrected chi connectivity index (χ4v) is 3.37. The highest BCUT2D eigenvalue weighted by molar-refractivity contribution is 8.15. The Morgan fingerprint density at radius 1 is 1.22 bits per heavy atom. The van der Waals surface area contributed by atoms with Crippen LogP contribution in [0, 0.1) is 12.7 Å². The third-order valence-electron chi connectivity index (χ3n) is 4.45. The quantitative estimate of drug-likeness (QED) is 0.402. The molecule has 1 atom stereocenters. The van der Waals surface area contributed by atoms with Crippen molar-refractivity contribution in [3.8, 4) is 22.9 Å². The predicted molar refractivity (Wildman–Crippen MR) is 123 cm³/mol. The van der Waals surface area contributed by atoms with Gasteiger partial charge in [0.15, 0.2) is 11.5 Å². The first-order valence-electron chi connectivity index (χ1n) is 9.57. The first-order valence-corrected chi connectivity index (χ1v) is 10.8. The van der Waals surface area contributed by atoms with Crippen molar-refractivity contribution in [3.05, 3.63) is 53.7 Å². The number of aliphatic imine (C=N–C) groups is 2. The minimum Gasteiger partial charge on any atom is -0.504 e. The van der Waals surface area contributed by atoms with Crippen LogP contribution < -0.4 is 4.74 Å². The van der Waals surface area contributed by atoms with Crippen molar-refractivity contribution >= 4 is 28.2 Å². The van der Waals surface area contributed by atoms with E-state index in [9.17, 15) is 9.50 Å². The minimum atomic E-state index is -0.659. The maximum Gasteiger partial charge on any atom is 0.223 e. The average Bonchev–Trinajstić information content (AvgIpc) is 3.23. The number of thioether (sulfide) groups is 1. The molecular formula is C22H23FN4O4S. The van der Waals surface area contributed by atoms with Crippen molar-refractivity contribution in [2.75, 3.05) is 20.5 Å². The number of aromatic nitrogens is 2. The Bertz CT molecular complexity index is 1150. The number of aromatic hydroxyl groups is 1. The normalized spacial score (nSPS) is 13.3.